The fourth-order valence-corrected chi connectivity index (χ4v) is 4.21. The number of carbonyl (C=O) groups is 2. The standard InChI is InChI=1S/C21H19FN2O.C4H4O4/c22-17-5-6-19-20(12-17)25-23-21(19)14-7-9-24(10-8-14)13-16-11-15-3-1-2-4-18(15)16;5-3(6)1-2-4(7)8/h1-6,11-12,14H,7-10,13H2;1-2H,(H,5,6)(H,7,8). The van der Waals surface area contributed by atoms with Crippen molar-refractivity contribution >= 4 is 34.6 Å². The molecule has 2 N–H and O–H groups in total. The van der Waals surface area contributed by atoms with E-state index in [1.54, 1.807) is 6.07 Å². The molecule has 33 heavy (non-hydrogen) atoms. The van der Waals surface area contributed by atoms with Gasteiger partial charge in [0, 0.05) is 36.1 Å². The van der Waals surface area contributed by atoms with Gasteiger partial charge in [0.05, 0.1) is 5.69 Å². The number of hydrogen-bond donors (Lipinski definition) is 2. The van der Waals surface area contributed by atoms with Crippen LogP contribution in [0.4, 0.5) is 4.39 Å². The molecule has 1 aliphatic heterocycles. The number of fused-ring (bicyclic) bond motifs is 2. The maximum absolute atomic E-state index is 13.3. The number of rotatable bonds is 5. The number of halogens is 1. The van der Waals surface area contributed by atoms with Gasteiger partial charge in [-0.1, -0.05) is 29.4 Å². The Balaban J connectivity index is 0.000000281. The zero-order valence-electron chi connectivity index (χ0n) is 17.8. The van der Waals surface area contributed by atoms with E-state index in [0.717, 1.165) is 43.6 Å². The Labute approximate surface area is 189 Å². The normalized spacial score (nSPS) is 16.0. The second-order valence-corrected chi connectivity index (χ2v) is 8.03. The molecule has 5 rings (SSSR count). The lowest BCUT2D eigenvalue weighted by Gasteiger charge is -2.33. The van der Waals surface area contributed by atoms with E-state index in [9.17, 15) is 14.0 Å². The van der Waals surface area contributed by atoms with Gasteiger partial charge < -0.3 is 14.7 Å². The second-order valence-electron chi connectivity index (χ2n) is 8.03. The van der Waals surface area contributed by atoms with Gasteiger partial charge >= 0.3 is 11.9 Å². The van der Waals surface area contributed by atoms with Crippen molar-refractivity contribution in [2.75, 3.05) is 19.6 Å². The summed E-state index contributed by atoms with van der Waals surface area (Å²) in [6.45, 7) is 3.13. The van der Waals surface area contributed by atoms with E-state index in [2.05, 4.69) is 40.4 Å². The van der Waals surface area contributed by atoms with Gasteiger partial charge in [-0.2, -0.15) is 0 Å². The predicted molar refractivity (Wildman–Crippen MR) is 121 cm³/mol. The van der Waals surface area contributed by atoms with Gasteiger partial charge in [-0.05, 0) is 60.8 Å². The van der Waals surface area contributed by atoms with Crippen LogP contribution < -0.4 is 0 Å². The molecule has 0 amide bonds. The third-order valence-electron chi connectivity index (χ3n) is 5.84. The number of aliphatic carboxylic acids is 2. The minimum Gasteiger partial charge on any atom is -0.478 e. The van der Waals surface area contributed by atoms with Crippen molar-refractivity contribution in [1.29, 1.82) is 0 Å². The Hall–Kier alpha value is -3.78. The third kappa shape index (κ3) is 5.35. The van der Waals surface area contributed by atoms with Gasteiger partial charge in [-0.3, -0.25) is 4.90 Å². The number of aromatic nitrogens is 1. The summed E-state index contributed by atoms with van der Waals surface area (Å²) in [6, 6.07) is 13.3. The molecule has 3 aromatic rings. The lowest BCUT2D eigenvalue weighted by atomic mass is 9.87. The molecule has 7 nitrogen and oxygen atoms in total. The summed E-state index contributed by atoms with van der Waals surface area (Å²) in [5, 5.41) is 20.8. The minimum atomic E-state index is -1.26. The zero-order chi connectivity index (χ0) is 23.4. The SMILES string of the molecule is Fc1ccc2c(C3CCN(CC4=Cc5ccccc54)CC3)noc2c1.O=C(O)C=CC(=O)O. The minimum absolute atomic E-state index is 0.279. The zero-order valence-corrected chi connectivity index (χ0v) is 17.8. The summed E-state index contributed by atoms with van der Waals surface area (Å²) in [5.41, 5.74) is 5.73. The highest BCUT2D eigenvalue weighted by atomic mass is 19.1. The van der Waals surface area contributed by atoms with Gasteiger partial charge in [-0.25, -0.2) is 14.0 Å². The number of carboxylic acids is 2. The van der Waals surface area contributed by atoms with E-state index in [0.29, 0.717) is 23.7 Å². The molecule has 0 spiro atoms. The van der Waals surface area contributed by atoms with Crippen molar-refractivity contribution in [3.8, 4) is 0 Å². The summed E-state index contributed by atoms with van der Waals surface area (Å²) in [7, 11) is 0. The quantitative estimate of drug-likeness (QED) is 0.555. The van der Waals surface area contributed by atoms with Gasteiger partial charge in [0.15, 0.2) is 5.58 Å². The van der Waals surface area contributed by atoms with Gasteiger partial charge in [0.2, 0.25) is 0 Å². The number of likely N-dealkylation sites (tertiary alicyclic amines) is 1. The Morgan fingerprint density at radius 2 is 1.79 bits per heavy atom. The van der Waals surface area contributed by atoms with Crippen molar-refractivity contribution in [2.45, 2.75) is 18.8 Å². The molecule has 170 valence electrons. The van der Waals surface area contributed by atoms with Crippen molar-refractivity contribution in [3.63, 3.8) is 0 Å². The number of hydrogen-bond acceptors (Lipinski definition) is 5. The highest BCUT2D eigenvalue weighted by molar-refractivity contribution is 5.96. The Kier molecular flexibility index (Phi) is 6.65. The molecule has 1 saturated heterocycles. The molecule has 1 aliphatic carbocycles. The highest BCUT2D eigenvalue weighted by Crippen LogP contribution is 2.36. The van der Waals surface area contributed by atoms with Crippen LogP contribution in [-0.2, 0) is 9.59 Å². The lowest BCUT2D eigenvalue weighted by Crippen LogP contribution is -2.34. The second kappa shape index (κ2) is 9.79. The van der Waals surface area contributed by atoms with Crippen LogP contribution in [0.3, 0.4) is 0 Å². The molecule has 8 heteroatoms. The predicted octanol–water partition coefficient (Wildman–Crippen LogP) is 4.41. The Morgan fingerprint density at radius 3 is 2.45 bits per heavy atom. The van der Waals surface area contributed by atoms with E-state index in [1.807, 2.05) is 0 Å². The molecule has 0 saturated carbocycles. The van der Waals surface area contributed by atoms with Crippen LogP contribution in [0.25, 0.3) is 22.6 Å². The van der Waals surface area contributed by atoms with Crippen molar-refractivity contribution in [1.82, 2.24) is 10.1 Å². The van der Waals surface area contributed by atoms with Crippen molar-refractivity contribution in [3.05, 3.63) is 77.3 Å². The fraction of sp³-hybridized carbons (Fsp3) is 0.240. The Morgan fingerprint density at radius 1 is 1.09 bits per heavy atom. The summed E-state index contributed by atoms with van der Waals surface area (Å²) < 4.78 is 18.6. The lowest BCUT2D eigenvalue weighted by molar-refractivity contribution is -0.134. The monoisotopic (exact) mass is 450 g/mol. The van der Waals surface area contributed by atoms with E-state index < -0.39 is 11.9 Å². The fourth-order valence-electron chi connectivity index (χ4n) is 4.21. The molecule has 2 aliphatic rings. The van der Waals surface area contributed by atoms with Crippen LogP contribution >= 0.6 is 0 Å². The summed E-state index contributed by atoms with van der Waals surface area (Å²) in [5.74, 6) is -2.40. The van der Waals surface area contributed by atoms with Gasteiger partial charge in [0.25, 0.3) is 0 Å². The van der Waals surface area contributed by atoms with E-state index in [1.165, 1.54) is 28.8 Å². The molecule has 1 fully saturated rings. The molecule has 2 aromatic carbocycles. The first kappa shape index (κ1) is 22.4. The smallest absolute Gasteiger partial charge is 0.328 e. The molecular weight excluding hydrogens is 427 g/mol. The first-order chi connectivity index (χ1) is 15.9. The van der Waals surface area contributed by atoms with Crippen LogP contribution in [0.5, 0.6) is 0 Å². The first-order valence-electron chi connectivity index (χ1n) is 10.6. The van der Waals surface area contributed by atoms with E-state index in [4.69, 9.17) is 14.7 Å². The van der Waals surface area contributed by atoms with Crippen LogP contribution in [0.15, 0.2) is 59.1 Å². The van der Waals surface area contributed by atoms with Crippen LogP contribution in [0, 0.1) is 5.82 Å². The highest BCUT2D eigenvalue weighted by Gasteiger charge is 2.26. The summed E-state index contributed by atoms with van der Waals surface area (Å²) >= 11 is 0. The van der Waals surface area contributed by atoms with E-state index >= 15 is 0 Å². The van der Waals surface area contributed by atoms with Gasteiger partial charge in [-0.15, -0.1) is 0 Å². The third-order valence-corrected chi connectivity index (χ3v) is 5.84. The number of nitrogens with zero attached hydrogens (tertiary/aromatic N) is 2. The molecule has 0 radical (unpaired) electrons. The molecule has 2 heterocycles. The maximum atomic E-state index is 13.3. The molecule has 0 unspecified atom stereocenters. The van der Waals surface area contributed by atoms with Gasteiger partial charge in [0.1, 0.15) is 5.82 Å². The summed E-state index contributed by atoms with van der Waals surface area (Å²) in [6.07, 6.45) is 5.54. The van der Waals surface area contributed by atoms with Crippen LogP contribution in [0.1, 0.15) is 35.6 Å². The summed E-state index contributed by atoms with van der Waals surface area (Å²) in [4.78, 5) is 21.6. The van der Waals surface area contributed by atoms with Crippen molar-refractivity contribution < 1.29 is 28.7 Å². The van der Waals surface area contributed by atoms with Crippen LogP contribution in [0.2, 0.25) is 0 Å². The average molecular weight is 450 g/mol. The van der Waals surface area contributed by atoms with E-state index in [-0.39, 0.29) is 5.82 Å². The largest absolute Gasteiger partial charge is 0.478 e. The molecule has 0 atom stereocenters. The average Bonchev–Trinajstić information content (AvgIpc) is 3.20. The maximum Gasteiger partial charge on any atom is 0.328 e. The number of benzene rings is 2. The number of carboxylic acid groups (broad SMARTS) is 2. The topological polar surface area (TPSA) is 104 Å². The van der Waals surface area contributed by atoms with Crippen molar-refractivity contribution in [2.24, 2.45) is 0 Å². The first-order valence-corrected chi connectivity index (χ1v) is 10.6. The Bertz CT molecular complexity index is 1220. The molecule has 0 bridgehead atoms. The van der Waals surface area contributed by atoms with Crippen LogP contribution in [-0.4, -0.2) is 51.8 Å². The molecular formula is C25H23FN2O5. The molecule has 1 aromatic heterocycles. The number of piperidine rings is 1.